The summed E-state index contributed by atoms with van der Waals surface area (Å²) in [7, 11) is -3.15. The Kier molecular flexibility index (Phi) is 9.97. The first kappa shape index (κ1) is 21.8. The lowest BCUT2D eigenvalue weighted by Gasteiger charge is -2.35. The van der Waals surface area contributed by atoms with Crippen molar-refractivity contribution >= 4 is 20.5 Å². The summed E-state index contributed by atoms with van der Waals surface area (Å²) in [6.07, 6.45) is 0.508. The second kappa shape index (κ2) is 10.5. The van der Waals surface area contributed by atoms with Gasteiger partial charge in [-0.3, -0.25) is 9.59 Å². The Bertz CT molecular complexity index is 417. The minimum atomic E-state index is -3.15. The van der Waals surface area contributed by atoms with E-state index < -0.39 is 26.2 Å². The first-order valence-electron chi connectivity index (χ1n) is 7.92. The minimum Gasteiger partial charge on any atom is -0.512 e. The van der Waals surface area contributed by atoms with E-state index in [1.54, 1.807) is 0 Å². The third-order valence-corrected chi connectivity index (χ3v) is 6.60. The highest BCUT2D eigenvalue weighted by molar-refractivity contribution is 6.62. The number of carbonyl (C=O) groups is 2. The molecule has 0 heterocycles. The molecular weight excluding hydrogens is 318 g/mol. The second-order valence-electron chi connectivity index (χ2n) is 4.85. The van der Waals surface area contributed by atoms with Crippen LogP contribution in [0.25, 0.3) is 0 Å². The smallest absolute Gasteiger partial charge is 0.512 e. The molecule has 0 aromatic heterocycles. The number of carbonyl (C=O) groups excluding carboxylic acids is 2. The van der Waals surface area contributed by atoms with Crippen molar-refractivity contribution < 1.29 is 28.0 Å². The summed E-state index contributed by atoms with van der Waals surface area (Å²) in [6.45, 7) is 11.0. The molecule has 0 aliphatic heterocycles. The molecule has 0 bridgehead atoms. The number of nitrogens with one attached hydrogen (secondary N) is 1. The molecule has 0 saturated carbocycles. The maximum absolute atomic E-state index is 12.4. The average Bonchev–Trinajstić information content (AvgIpc) is 2.44. The molecule has 1 amide bonds. The molecule has 0 aliphatic rings. The predicted molar refractivity (Wildman–Crippen MR) is 88.9 cm³/mol. The van der Waals surface area contributed by atoms with Crippen LogP contribution in [0.3, 0.4) is 0 Å². The normalized spacial score (nSPS) is 14.2. The van der Waals surface area contributed by atoms with Crippen LogP contribution in [0.1, 0.15) is 48.0 Å². The van der Waals surface area contributed by atoms with Crippen molar-refractivity contribution in [2.75, 3.05) is 19.8 Å². The molecule has 0 radical (unpaired) electrons. The van der Waals surface area contributed by atoms with Gasteiger partial charge in [0.2, 0.25) is 0 Å². The van der Waals surface area contributed by atoms with E-state index in [4.69, 9.17) is 13.3 Å². The fourth-order valence-corrected chi connectivity index (χ4v) is 5.15. The Balaban J connectivity index is 5.54. The van der Waals surface area contributed by atoms with Gasteiger partial charge in [0.1, 0.15) is 11.3 Å². The SMILES string of the molecule is CCO[Si](OCC)(OCC)C(CC)NC(=O)/C(C(C)=O)=C(/C)O. The lowest BCUT2D eigenvalue weighted by Crippen LogP contribution is -2.63. The number of hydrogen-bond donors (Lipinski definition) is 2. The maximum atomic E-state index is 12.4. The number of ketones is 1. The van der Waals surface area contributed by atoms with Crippen LogP contribution >= 0.6 is 0 Å². The molecule has 2 N–H and O–H groups in total. The molecule has 7 nitrogen and oxygen atoms in total. The number of rotatable bonds is 11. The van der Waals surface area contributed by atoms with Crippen molar-refractivity contribution in [3.05, 3.63) is 11.3 Å². The summed E-state index contributed by atoms with van der Waals surface area (Å²) in [5.74, 6) is -1.48. The summed E-state index contributed by atoms with van der Waals surface area (Å²) in [5.41, 5.74) is -0.778. The number of hydrogen-bond acceptors (Lipinski definition) is 6. The van der Waals surface area contributed by atoms with E-state index in [9.17, 15) is 14.7 Å². The van der Waals surface area contributed by atoms with Crippen LogP contribution in [0.4, 0.5) is 0 Å². The van der Waals surface area contributed by atoms with E-state index >= 15 is 0 Å². The Morgan fingerprint density at radius 2 is 1.43 bits per heavy atom. The van der Waals surface area contributed by atoms with Gasteiger partial charge in [0.25, 0.3) is 5.91 Å². The lowest BCUT2D eigenvalue weighted by atomic mass is 10.1. The summed E-state index contributed by atoms with van der Waals surface area (Å²) in [6, 6.07) is 0. The highest BCUT2D eigenvalue weighted by atomic mass is 28.4. The maximum Gasteiger partial charge on any atom is 0.524 e. The number of allylic oxidation sites excluding steroid dienone is 1. The van der Waals surface area contributed by atoms with Crippen LogP contribution in [-0.4, -0.2) is 51.1 Å². The van der Waals surface area contributed by atoms with Crippen molar-refractivity contribution in [3.8, 4) is 0 Å². The van der Waals surface area contributed by atoms with Crippen LogP contribution in [0, 0.1) is 0 Å². The summed E-state index contributed by atoms with van der Waals surface area (Å²) in [5, 5.41) is 12.3. The first-order chi connectivity index (χ1) is 10.8. The number of amides is 1. The zero-order valence-corrected chi connectivity index (χ0v) is 15.9. The van der Waals surface area contributed by atoms with Gasteiger partial charge >= 0.3 is 8.80 Å². The van der Waals surface area contributed by atoms with Crippen molar-refractivity contribution in [1.29, 1.82) is 0 Å². The summed E-state index contributed by atoms with van der Waals surface area (Å²) >= 11 is 0. The van der Waals surface area contributed by atoms with E-state index in [0.29, 0.717) is 26.2 Å². The standard InChI is InChI=1S/C15H29NO6Si/c1-7-13(16-15(19)14(11(5)17)12(6)18)23(20-8-2,21-9-3)22-10-4/h13,17H,7-10H2,1-6H3,(H,16,19)/b14-11-. The number of aliphatic hydroxyl groups excluding tert-OH is 1. The van der Waals surface area contributed by atoms with Crippen molar-refractivity contribution in [2.45, 2.75) is 53.6 Å². The van der Waals surface area contributed by atoms with E-state index in [2.05, 4.69) is 5.32 Å². The Morgan fingerprint density at radius 3 is 1.70 bits per heavy atom. The third kappa shape index (κ3) is 6.06. The van der Waals surface area contributed by atoms with Gasteiger partial charge < -0.3 is 23.7 Å². The Hall–Kier alpha value is -1.22. The molecule has 0 spiro atoms. The van der Waals surface area contributed by atoms with Gasteiger partial charge in [0, 0.05) is 19.8 Å². The molecule has 0 fully saturated rings. The quantitative estimate of drug-likeness (QED) is 0.195. The van der Waals surface area contributed by atoms with Gasteiger partial charge in [-0.1, -0.05) is 6.92 Å². The molecular formula is C15H29NO6Si. The summed E-state index contributed by atoms with van der Waals surface area (Å²) in [4.78, 5) is 23.9. The van der Waals surface area contributed by atoms with Gasteiger partial charge in [-0.15, -0.1) is 0 Å². The molecule has 1 unspecified atom stereocenters. The molecule has 0 saturated heterocycles. The van der Waals surface area contributed by atoms with Crippen molar-refractivity contribution in [1.82, 2.24) is 5.32 Å². The van der Waals surface area contributed by atoms with Gasteiger partial charge in [0.15, 0.2) is 5.78 Å². The fourth-order valence-electron chi connectivity index (χ4n) is 2.28. The van der Waals surface area contributed by atoms with E-state index in [1.165, 1.54) is 13.8 Å². The van der Waals surface area contributed by atoms with Crippen molar-refractivity contribution in [3.63, 3.8) is 0 Å². The van der Waals surface area contributed by atoms with Crippen LogP contribution in [0.2, 0.25) is 0 Å². The van der Waals surface area contributed by atoms with Crippen molar-refractivity contribution in [2.24, 2.45) is 0 Å². The monoisotopic (exact) mass is 347 g/mol. The van der Waals surface area contributed by atoms with Crippen LogP contribution in [-0.2, 0) is 22.9 Å². The molecule has 0 aromatic carbocycles. The highest BCUT2D eigenvalue weighted by Gasteiger charge is 2.49. The van der Waals surface area contributed by atoms with Gasteiger partial charge in [-0.25, -0.2) is 0 Å². The molecule has 8 heteroatoms. The molecule has 0 aromatic rings. The third-order valence-electron chi connectivity index (χ3n) is 3.12. The highest BCUT2D eigenvalue weighted by Crippen LogP contribution is 2.19. The van der Waals surface area contributed by atoms with Crippen LogP contribution in [0.15, 0.2) is 11.3 Å². The molecule has 0 rings (SSSR count). The first-order valence-corrected chi connectivity index (χ1v) is 9.73. The lowest BCUT2D eigenvalue weighted by molar-refractivity contribution is -0.122. The van der Waals surface area contributed by atoms with Crippen LogP contribution in [0.5, 0.6) is 0 Å². The molecule has 134 valence electrons. The topological polar surface area (TPSA) is 94.1 Å². The molecule has 23 heavy (non-hydrogen) atoms. The van der Waals surface area contributed by atoms with Gasteiger partial charge in [-0.2, -0.15) is 0 Å². The largest absolute Gasteiger partial charge is 0.524 e. The van der Waals surface area contributed by atoms with Crippen LogP contribution < -0.4 is 5.32 Å². The van der Waals surface area contributed by atoms with Gasteiger partial charge in [-0.05, 0) is 41.0 Å². The summed E-state index contributed by atoms with van der Waals surface area (Å²) < 4.78 is 17.3. The molecule has 0 aliphatic carbocycles. The zero-order valence-electron chi connectivity index (χ0n) is 14.9. The Labute approximate surface area is 139 Å². The minimum absolute atomic E-state index is 0.268. The number of Topliss-reactive ketones (excluding diaryl/α,β-unsaturated/α-hetero) is 1. The second-order valence-corrected chi connectivity index (χ2v) is 7.62. The molecule has 1 atom stereocenters. The van der Waals surface area contributed by atoms with E-state index in [1.807, 2.05) is 27.7 Å². The van der Waals surface area contributed by atoms with Gasteiger partial charge in [0.05, 0.1) is 5.67 Å². The van der Waals surface area contributed by atoms with E-state index in [-0.39, 0.29) is 11.3 Å². The predicted octanol–water partition coefficient (Wildman–Crippen LogP) is 1.89. The Morgan fingerprint density at radius 1 is 1.00 bits per heavy atom. The number of aliphatic hydroxyl groups is 1. The van der Waals surface area contributed by atoms with E-state index in [0.717, 1.165) is 0 Å². The fraction of sp³-hybridized carbons (Fsp3) is 0.733. The average molecular weight is 347 g/mol. The zero-order chi connectivity index (χ0) is 18.0.